The number of rotatable bonds is 4. The number of nitrogens with one attached hydrogen (secondary N) is 1. The van der Waals surface area contributed by atoms with Crippen LogP contribution in [0, 0.1) is 11.3 Å². The lowest BCUT2D eigenvalue weighted by Gasteiger charge is -2.27. The summed E-state index contributed by atoms with van der Waals surface area (Å²) in [6, 6.07) is 24.2. The van der Waals surface area contributed by atoms with Gasteiger partial charge in [0.2, 0.25) is 0 Å². The minimum Gasteiger partial charge on any atom is -0.376 e. The molecule has 4 heterocycles. The molecule has 6 rings (SSSR count). The van der Waals surface area contributed by atoms with Crippen LogP contribution in [0.15, 0.2) is 90.1 Å². The zero-order valence-corrected chi connectivity index (χ0v) is 22.3. The van der Waals surface area contributed by atoms with Crippen molar-refractivity contribution in [1.82, 2.24) is 19.1 Å². The Balaban J connectivity index is 1.47. The molecule has 0 fully saturated rings. The summed E-state index contributed by atoms with van der Waals surface area (Å²) in [6.07, 6.45) is 5.42. The van der Waals surface area contributed by atoms with Crippen LogP contribution in [0.1, 0.15) is 38.1 Å². The number of anilines is 1. The van der Waals surface area contributed by atoms with Gasteiger partial charge in [-0.3, -0.25) is 19.1 Å². The van der Waals surface area contributed by atoms with E-state index in [9.17, 15) is 10.1 Å². The van der Waals surface area contributed by atoms with Crippen LogP contribution in [0.2, 0.25) is 0 Å². The van der Waals surface area contributed by atoms with Crippen molar-refractivity contribution in [2.45, 2.75) is 32.2 Å². The lowest BCUT2D eigenvalue weighted by Crippen LogP contribution is -2.22. The highest BCUT2D eigenvalue weighted by molar-refractivity contribution is 5.86. The van der Waals surface area contributed by atoms with Gasteiger partial charge in [-0.2, -0.15) is 5.26 Å². The average Bonchev–Trinajstić information content (AvgIpc) is 3.24. The highest BCUT2D eigenvalue weighted by Gasteiger charge is 2.30. The molecule has 5 aromatic rings. The van der Waals surface area contributed by atoms with Gasteiger partial charge in [-0.05, 0) is 74.4 Å². The molecule has 7 heteroatoms. The second-order valence-corrected chi connectivity index (χ2v) is 10.5. The normalized spacial score (nSPS) is 14.2. The molecule has 39 heavy (non-hydrogen) atoms. The predicted molar refractivity (Wildman–Crippen MR) is 154 cm³/mol. The number of benzene rings is 2. The SMILES string of the molecule is CC1Nc2ccc(-c3ccc(-c4cccnc4)nc3)cc2-c2c1n(C)c(=O)n2-c1ccc(C(C)(C)C#N)cc1. The van der Waals surface area contributed by atoms with Gasteiger partial charge in [0.1, 0.15) is 0 Å². The Bertz CT molecular complexity index is 1790. The topological polar surface area (TPSA) is 88.5 Å². The molecule has 0 bridgehead atoms. The number of hydrogen-bond donors (Lipinski definition) is 1. The number of nitrogens with zero attached hydrogens (tertiary/aromatic N) is 5. The molecule has 1 aliphatic rings. The molecular weight excluding hydrogens is 484 g/mol. The molecule has 1 aliphatic heterocycles. The number of fused-ring (bicyclic) bond motifs is 3. The monoisotopic (exact) mass is 512 g/mol. The first-order valence-corrected chi connectivity index (χ1v) is 12.9. The van der Waals surface area contributed by atoms with Crippen LogP contribution < -0.4 is 11.0 Å². The van der Waals surface area contributed by atoms with E-state index in [0.29, 0.717) is 0 Å². The summed E-state index contributed by atoms with van der Waals surface area (Å²) in [5, 5.41) is 13.1. The van der Waals surface area contributed by atoms with E-state index in [-0.39, 0.29) is 11.7 Å². The molecule has 0 aliphatic carbocycles. The minimum atomic E-state index is -0.611. The van der Waals surface area contributed by atoms with E-state index in [0.717, 1.165) is 56.3 Å². The number of nitriles is 1. The van der Waals surface area contributed by atoms with E-state index in [1.807, 2.05) is 69.6 Å². The number of aromatic nitrogens is 4. The zero-order valence-electron chi connectivity index (χ0n) is 22.3. The highest BCUT2D eigenvalue weighted by Crippen LogP contribution is 2.42. The Morgan fingerprint density at radius 2 is 1.74 bits per heavy atom. The molecule has 2 aromatic carbocycles. The van der Waals surface area contributed by atoms with Gasteiger partial charge in [-0.15, -0.1) is 0 Å². The van der Waals surface area contributed by atoms with Crippen molar-refractivity contribution in [3.8, 4) is 45.4 Å². The Labute approximate surface area is 227 Å². The maximum absolute atomic E-state index is 13.6. The predicted octanol–water partition coefficient (Wildman–Crippen LogP) is 6.25. The van der Waals surface area contributed by atoms with Gasteiger partial charge in [0.25, 0.3) is 0 Å². The molecule has 3 aromatic heterocycles. The fourth-order valence-electron chi connectivity index (χ4n) is 5.30. The first-order valence-electron chi connectivity index (χ1n) is 12.9. The van der Waals surface area contributed by atoms with E-state index in [4.69, 9.17) is 0 Å². The first-order chi connectivity index (χ1) is 18.8. The van der Waals surface area contributed by atoms with Crippen molar-refractivity contribution >= 4 is 5.69 Å². The van der Waals surface area contributed by atoms with Crippen LogP contribution in [0.5, 0.6) is 0 Å². The Morgan fingerprint density at radius 3 is 2.41 bits per heavy atom. The molecule has 0 saturated carbocycles. The molecule has 1 atom stereocenters. The van der Waals surface area contributed by atoms with E-state index >= 15 is 0 Å². The summed E-state index contributed by atoms with van der Waals surface area (Å²) in [4.78, 5) is 22.5. The third-order valence-electron chi connectivity index (χ3n) is 7.54. The number of pyridine rings is 2. The van der Waals surface area contributed by atoms with Gasteiger partial charge in [0.05, 0.1) is 40.3 Å². The van der Waals surface area contributed by atoms with Crippen LogP contribution in [-0.2, 0) is 12.5 Å². The standard InChI is InChI=1S/C32H28N6O/c1-20-29-30(38(31(39)37(29)4)25-11-9-24(10-12-25)32(2,3)19-33)26-16-21(7-14-28(26)36-20)22-8-13-27(35-18-22)23-6-5-15-34-17-23/h5-18,20,36H,1-4H3. The lowest BCUT2D eigenvalue weighted by atomic mass is 9.86. The second kappa shape index (κ2) is 9.10. The van der Waals surface area contributed by atoms with Gasteiger partial charge < -0.3 is 5.32 Å². The van der Waals surface area contributed by atoms with E-state index in [1.54, 1.807) is 21.5 Å². The zero-order chi connectivity index (χ0) is 27.3. The van der Waals surface area contributed by atoms with Crippen LogP contribution in [-0.4, -0.2) is 19.1 Å². The van der Waals surface area contributed by atoms with Crippen LogP contribution in [0.4, 0.5) is 5.69 Å². The largest absolute Gasteiger partial charge is 0.376 e. The first kappa shape index (κ1) is 24.4. The molecule has 0 saturated heterocycles. The molecular formula is C32H28N6O. The molecule has 1 N–H and O–H groups in total. The van der Waals surface area contributed by atoms with Gasteiger partial charge in [0.15, 0.2) is 0 Å². The van der Waals surface area contributed by atoms with Gasteiger partial charge >= 0.3 is 5.69 Å². The summed E-state index contributed by atoms with van der Waals surface area (Å²) in [5.41, 5.74) is 8.51. The van der Waals surface area contributed by atoms with Crippen molar-refractivity contribution in [3.63, 3.8) is 0 Å². The molecule has 1 unspecified atom stereocenters. The van der Waals surface area contributed by atoms with E-state index < -0.39 is 5.41 Å². The summed E-state index contributed by atoms with van der Waals surface area (Å²) >= 11 is 0. The molecule has 192 valence electrons. The number of hydrogen-bond acceptors (Lipinski definition) is 5. The van der Waals surface area contributed by atoms with Gasteiger partial charge in [-0.1, -0.05) is 24.3 Å². The van der Waals surface area contributed by atoms with Crippen molar-refractivity contribution < 1.29 is 0 Å². The van der Waals surface area contributed by atoms with Crippen LogP contribution in [0.25, 0.3) is 39.3 Å². The third-order valence-corrected chi connectivity index (χ3v) is 7.54. The van der Waals surface area contributed by atoms with Gasteiger partial charge in [0, 0.05) is 48.0 Å². The van der Waals surface area contributed by atoms with E-state index in [1.165, 1.54) is 0 Å². The maximum Gasteiger partial charge on any atom is 0.333 e. The highest BCUT2D eigenvalue weighted by atomic mass is 16.1. The third kappa shape index (κ3) is 4.02. The maximum atomic E-state index is 13.6. The van der Waals surface area contributed by atoms with Crippen LogP contribution >= 0.6 is 0 Å². The fourth-order valence-corrected chi connectivity index (χ4v) is 5.30. The molecule has 0 spiro atoms. The Hall–Kier alpha value is -4.96. The second-order valence-electron chi connectivity index (χ2n) is 10.5. The minimum absolute atomic E-state index is 0.0467. The summed E-state index contributed by atoms with van der Waals surface area (Å²) < 4.78 is 3.50. The quantitative estimate of drug-likeness (QED) is 0.307. The molecule has 0 radical (unpaired) electrons. The molecule has 0 amide bonds. The summed E-state index contributed by atoms with van der Waals surface area (Å²) in [5.74, 6) is 0. The van der Waals surface area contributed by atoms with Crippen LogP contribution in [0.3, 0.4) is 0 Å². The lowest BCUT2D eigenvalue weighted by molar-refractivity contribution is 0.686. The fraction of sp³-hybridized carbons (Fsp3) is 0.188. The number of imidazole rings is 1. The Morgan fingerprint density at radius 1 is 0.974 bits per heavy atom. The van der Waals surface area contributed by atoms with Gasteiger partial charge in [-0.25, -0.2) is 4.79 Å². The van der Waals surface area contributed by atoms with Crippen molar-refractivity contribution in [3.05, 3.63) is 107 Å². The summed E-state index contributed by atoms with van der Waals surface area (Å²) in [6.45, 7) is 5.85. The summed E-state index contributed by atoms with van der Waals surface area (Å²) in [7, 11) is 1.82. The molecule has 7 nitrogen and oxygen atoms in total. The van der Waals surface area contributed by atoms with Crippen molar-refractivity contribution in [2.24, 2.45) is 7.05 Å². The smallest absolute Gasteiger partial charge is 0.333 e. The Kier molecular flexibility index (Phi) is 5.69. The van der Waals surface area contributed by atoms with Crippen molar-refractivity contribution in [1.29, 1.82) is 5.26 Å². The average molecular weight is 513 g/mol. The van der Waals surface area contributed by atoms with Crippen molar-refractivity contribution in [2.75, 3.05) is 5.32 Å². The van der Waals surface area contributed by atoms with E-state index in [2.05, 4.69) is 52.5 Å².